The standard InChI is InChI=1S/C18H23N5O3/c1-13-8-15(22(2)20-13)9-23-6-3-4-16(10-23)25-12-17-19-18(26-21-17)14-5-7-24-11-14/h5,7-8,11,16H,3-4,6,9-10,12H2,1-2H3. The van der Waals surface area contributed by atoms with Crippen LogP contribution >= 0.6 is 0 Å². The van der Waals surface area contributed by atoms with E-state index in [0.717, 1.165) is 43.7 Å². The average molecular weight is 357 g/mol. The molecule has 26 heavy (non-hydrogen) atoms. The van der Waals surface area contributed by atoms with Gasteiger partial charge in [0.05, 0.1) is 29.3 Å². The Morgan fingerprint density at radius 2 is 2.31 bits per heavy atom. The molecule has 8 nitrogen and oxygen atoms in total. The Morgan fingerprint density at radius 1 is 1.38 bits per heavy atom. The topological polar surface area (TPSA) is 82.4 Å². The maximum Gasteiger partial charge on any atom is 0.261 e. The fourth-order valence-corrected chi connectivity index (χ4v) is 3.34. The SMILES string of the molecule is Cc1cc(CN2CCCC(OCc3noc(-c4ccoc4)n3)C2)n(C)n1. The third-order valence-corrected chi connectivity index (χ3v) is 4.63. The number of furan rings is 1. The van der Waals surface area contributed by atoms with Crippen LogP contribution in [0.2, 0.25) is 0 Å². The van der Waals surface area contributed by atoms with E-state index in [-0.39, 0.29) is 6.10 Å². The first-order valence-corrected chi connectivity index (χ1v) is 8.86. The van der Waals surface area contributed by atoms with Gasteiger partial charge in [-0.1, -0.05) is 5.16 Å². The first-order valence-electron chi connectivity index (χ1n) is 8.86. The van der Waals surface area contributed by atoms with E-state index in [2.05, 4.69) is 26.2 Å². The minimum absolute atomic E-state index is 0.175. The molecular weight excluding hydrogens is 334 g/mol. The minimum atomic E-state index is 0.175. The summed E-state index contributed by atoms with van der Waals surface area (Å²) < 4.78 is 18.3. The van der Waals surface area contributed by atoms with Gasteiger partial charge in [0.15, 0.2) is 5.82 Å². The molecule has 0 bridgehead atoms. The van der Waals surface area contributed by atoms with E-state index >= 15 is 0 Å². The molecular formula is C18H23N5O3. The lowest BCUT2D eigenvalue weighted by atomic mass is 10.1. The van der Waals surface area contributed by atoms with Gasteiger partial charge in [0.1, 0.15) is 12.9 Å². The summed E-state index contributed by atoms with van der Waals surface area (Å²) in [4.78, 5) is 6.76. The van der Waals surface area contributed by atoms with Crippen LogP contribution in [0.4, 0.5) is 0 Å². The van der Waals surface area contributed by atoms with Crippen LogP contribution in [0.3, 0.4) is 0 Å². The smallest absolute Gasteiger partial charge is 0.261 e. The van der Waals surface area contributed by atoms with Crippen molar-refractivity contribution in [3.63, 3.8) is 0 Å². The van der Waals surface area contributed by atoms with Crippen molar-refractivity contribution in [3.8, 4) is 11.5 Å². The van der Waals surface area contributed by atoms with Crippen molar-refractivity contribution in [1.82, 2.24) is 24.8 Å². The summed E-state index contributed by atoms with van der Waals surface area (Å²) in [5.41, 5.74) is 3.06. The second-order valence-electron chi connectivity index (χ2n) is 6.74. The van der Waals surface area contributed by atoms with Gasteiger partial charge >= 0.3 is 0 Å². The Morgan fingerprint density at radius 3 is 3.08 bits per heavy atom. The summed E-state index contributed by atoms with van der Waals surface area (Å²) >= 11 is 0. The van der Waals surface area contributed by atoms with Crippen LogP contribution in [0.1, 0.15) is 30.1 Å². The molecule has 1 unspecified atom stereocenters. The highest BCUT2D eigenvalue weighted by Gasteiger charge is 2.22. The molecule has 0 aliphatic carbocycles. The number of piperidine rings is 1. The predicted octanol–water partition coefficient (Wildman–Crippen LogP) is 2.55. The van der Waals surface area contributed by atoms with Gasteiger partial charge in [-0.3, -0.25) is 9.58 Å². The van der Waals surface area contributed by atoms with Crippen LogP contribution in [0.25, 0.3) is 11.5 Å². The molecule has 0 aromatic carbocycles. The Kier molecular flexibility index (Phi) is 4.85. The Balaban J connectivity index is 1.30. The fourth-order valence-electron chi connectivity index (χ4n) is 3.34. The number of likely N-dealkylation sites (tertiary alicyclic amines) is 1. The van der Waals surface area contributed by atoms with E-state index < -0.39 is 0 Å². The van der Waals surface area contributed by atoms with Gasteiger partial charge in [-0.05, 0) is 38.4 Å². The second kappa shape index (κ2) is 7.43. The molecule has 138 valence electrons. The lowest BCUT2D eigenvalue weighted by Crippen LogP contribution is -2.39. The zero-order valence-corrected chi connectivity index (χ0v) is 15.1. The summed E-state index contributed by atoms with van der Waals surface area (Å²) in [6.45, 7) is 5.25. The summed E-state index contributed by atoms with van der Waals surface area (Å²) in [5.74, 6) is 1.01. The van der Waals surface area contributed by atoms with E-state index in [0.29, 0.717) is 18.3 Å². The molecule has 1 aliphatic rings. The maximum absolute atomic E-state index is 6.03. The van der Waals surface area contributed by atoms with Crippen LogP contribution in [-0.2, 0) is 24.9 Å². The van der Waals surface area contributed by atoms with Gasteiger partial charge in [-0.2, -0.15) is 10.1 Å². The van der Waals surface area contributed by atoms with Crippen molar-refractivity contribution >= 4 is 0 Å². The van der Waals surface area contributed by atoms with Gasteiger partial charge in [-0.25, -0.2) is 0 Å². The van der Waals surface area contributed by atoms with Gasteiger partial charge in [0, 0.05) is 20.1 Å². The lowest BCUT2D eigenvalue weighted by molar-refractivity contribution is -0.0156. The molecule has 0 saturated carbocycles. The summed E-state index contributed by atoms with van der Waals surface area (Å²) in [5, 5.41) is 8.40. The first-order chi connectivity index (χ1) is 12.7. The van der Waals surface area contributed by atoms with Crippen LogP contribution < -0.4 is 0 Å². The highest BCUT2D eigenvalue weighted by atomic mass is 16.5. The van der Waals surface area contributed by atoms with Crippen LogP contribution in [-0.4, -0.2) is 44.0 Å². The number of rotatable bonds is 6. The highest BCUT2D eigenvalue weighted by Crippen LogP contribution is 2.19. The van der Waals surface area contributed by atoms with Gasteiger partial charge in [0.25, 0.3) is 5.89 Å². The number of hydrogen-bond acceptors (Lipinski definition) is 7. The zero-order chi connectivity index (χ0) is 17.9. The van der Waals surface area contributed by atoms with E-state index in [1.165, 1.54) is 5.69 Å². The molecule has 4 rings (SSSR count). The molecule has 1 saturated heterocycles. The second-order valence-corrected chi connectivity index (χ2v) is 6.74. The van der Waals surface area contributed by atoms with Crippen molar-refractivity contribution in [1.29, 1.82) is 0 Å². The summed E-state index contributed by atoms with van der Waals surface area (Å²) in [7, 11) is 1.99. The van der Waals surface area contributed by atoms with E-state index in [1.807, 2.05) is 18.7 Å². The van der Waals surface area contributed by atoms with Gasteiger partial charge < -0.3 is 13.7 Å². The summed E-state index contributed by atoms with van der Waals surface area (Å²) in [6, 6.07) is 3.93. The molecule has 1 fully saturated rings. The third kappa shape index (κ3) is 3.86. The number of aryl methyl sites for hydroxylation is 2. The molecule has 3 aromatic rings. The largest absolute Gasteiger partial charge is 0.472 e. The van der Waals surface area contributed by atoms with Gasteiger partial charge in [-0.15, -0.1) is 0 Å². The first kappa shape index (κ1) is 17.0. The molecule has 0 amide bonds. The van der Waals surface area contributed by atoms with Crippen molar-refractivity contribution in [2.24, 2.45) is 7.05 Å². The molecule has 4 heterocycles. The Hall–Kier alpha value is -2.45. The molecule has 8 heteroatoms. The van der Waals surface area contributed by atoms with E-state index in [1.54, 1.807) is 18.6 Å². The number of nitrogens with zero attached hydrogens (tertiary/aromatic N) is 5. The summed E-state index contributed by atoms with van der Waals surface area (Å²) in [6.07, 6.45) is 5.50. The van der Waals surface area contributed by atoms with Crippen molar-refractivity contribution in [2.75, 3.05) is 13.1 Å². The van der Waals surface area contributed by atoms with Gasteiger partial charge in [0.2, 0.25) is 0 Å². The molecule has 1 atom stereocenters. The van der Waals surface area contributed by atoms with Crippen molar-refractivity contribution < 1.29 is 13.7 Å². The van der Waals surface area contributed by atoms with Crippen LogP contribution in [0.5, 0.6) is 0 Å². The van der Waals surface area contributed by atoms with E-state index in [9.17, 15) is 0 Å². The van der Waals surface area contributed by atoms with E-state index in [4.69, 9.17) is 13.7 Å². The van der Waals surface area contributed by atoms with Crippen LogP contribution in [0, 0.1) is 6.92 Å². The Labute approximate surface area is 151 Å². The highest BCUT2D eigenvalue weighted by molar-refractivity contribution is 5.49. The molecule has 3 aromatic heterocycles. The Bertz CT molecular complexity index is 839. The number of ether oxygens (including phenoxy) is 1. The van der Waals surface area contributed by atoms with Crippen molar-refractivity contribution in [3.05, 3.63) is 41.9 Å². The van der Waals surface area contributed by atoms with Crippen LogP contribution in [0.15, 0.2) is 33.6 Å². The molecule has 0 spiro atoms. The predicted molar refractivity (Wildman–Crippen MR) is 93.0 cm³/mol. The lowest BCUT2D eigenvalue weighted by Gasteiger charge is -2.32. The normalized spacial score (nSPS) is 18.5. The molecule has 0 radical (unpaired) electrons. The monoisotopic (exact) mass is 357 g/mol. The third-order valence-electron chi connectivity index (χ3n) is 4.63. The zero-order valence-electron chi connectivity index (χ0n) is 15.1. The molecule has 0 N–H and O–H groups in total. The minimum Gasteiger partial charge on any atom is -0.472 e. The molecule has 1 aliphatic heterocycles. The fraction of sp³-hybridized carbons (Fsp3) is 0.500. The number of aromatic nitrogens is 4. The maximum atomic E-state index is 6.03. The quantitative estimate of drug-likeness (QED) is 0.670. The van der Waals surface area contributed by atoms with Crippen molar-refractivity contribution in [2.45, 2.75) is 39.0 Å². The number of hydrogen-bond donors (Lipinski definition) is 0. The average Bonchev–Trinajstić information content (AvgIpc) is 3.35.